The lowest BCUT2D eigenvalue weighted by Crippen LogP contribution is -1.99. The minimum Gasteiger partial charge on any atom is -0.482 e. The summed E-state index contributed by atoms with van der Waals surface area (Å²) in [5.74, 6) is -0.819. The quantitative estimate of drug-likeness (QED) is 0.675. The molecule has 1 heterocycles. The molecule has 0 aliphatic heterocycles. The molecular weight excluding hydrogens is 282 g/mol. The van der Waals surface area contributed by atoms with Crippen molar-refractivity contribution in [2.24, 2.45) is 0 Å². The first-order chi connectivity index (χ1) is 9.47. The van der Waals surface area contributed by atoms with Gasteiger partial charge in [-0.1, -0.05) is 6.07 Å². The van der Waals surface area contributed by atoms with Crippen LogP contribution in [0.5, 0.6) is 5.75 Å². The molecular formula is C13H11NO5S. The second-order valence-electron chi connectivity index (χ2n) is 4.14. The molecule has 1 aromatic carbocycles. The zero-order valence-electron chi connectivity index (χ0n) is 10.5. The van der Waals surface area contributed by atoms with E-state index in [1.807, 2.05) is 6.92 Å². The van der Waals surface area contributed by atoms with Crippen LogP contribution in [0.3, 0.4) is 0 Å². The lowest BCUT2D eigenvalue weighted by molar-refractivity contribution is -0.386. The van der Waals surface area contributed by atoms with Gasteiger partial charge in [0.15, 0.2) is 5.75 Å². The molecule has 0 amide bonds. The van der Waals surface area contributed by atoms with Crippen molar-refractivity contribution >= 4 is 23.0 Å². The molecule has 0 atom stereocenters. The molecule has 0 fully saturated rings. The average molecular weight is 293 g/mol. The van der Waals surface area contributed by atoms with Crippen molar-refractivity contribution in [3.8, 4) is 5.75 Å². The van der Waals surface area contributed by atoms with Crippen LogP contribution in [0.1, 0.15) is 20.8 Å². The van der Waals surface area contributed by atoms with Crippen molar-refractivity contribution in [3.05, 3.63) is 55.8 Å². The van der Waals surface area contributed by atoms with E-state index in [1.54, 1.807) is 17.5 Å². The van der Waals surface area contributed by atoms with Crippen LogP contribution < -0.4 is 4.74 Å². The molecule has 0 saturated heterocycles. The Balaban J connectivity index is 2.15. The Bertz CT molecular complexity index is 665. The molecule has 6 nitrogen and oxygen atoms in total. The first kappa shape index (κ1) is 14.0. The van der Waals surface area contributed by atoms with E-state index in [-0.39, 0.29) is 22.9 Å². The van der Waals surface area contributed by atoms with Crippen LogP contribution in [-0.2, 0) is 6.61 Å². The first-order valence-corrected chi connectivity index (χ1v) is 6.54. The molecule has 1 N–H and O–H groups in total. The predicted molar refractivity (Wildman–Crippen MR) is 73.4 cm³/mol. The fraction of sp³-hybridized carbons (Fsp3) is 0.154. The van der Waals surface area contributed by atoms with Gasteiger partial charge in [0.2, 0.25) is 0 Å². The standard InChI is InChI=1S/C13H11NO5S/c1-8-2-3-10(14(17)18)11(4-8)19-6-9-5-12(13(15)16)20-7-9/h2-5,7H,6H2,1H3,(H,15,16). The molecule has 0 aliphatic carbocycles. The van der Waals surface area contributed by atoms with Crippen molar-refractivity contribution in [2.45, 2.75) is 13.5 Å². The van der Waals surface area contributed by atoms with Gasteiger partial charge in [-0.05, 0) is 30.0 Å². The van der Waals surface area contributed by atoms with E-state index >= 15 is 0 Å². The highest BCUT2D eigenvalue weighted by atomic mass is 32.1. The third-order valence-electron chi connectivity index (χ3n) is 2.57. The van der Waals surface area contributed by atoms with Crippen molar-refractivity contribution in [1.82, 2.24) is 0 Å². The summed E-state index contributed by atoms with van der Waals surface area (Å²) in [7, 11) is 0. The van der Waals surface area contributed by atoms with Gasteiger partial charge in [-0.3, -0.25) is 10.1 Å². The fourth-order valence-corrected chi connectivity index (χ4v) is 2.35. The number of aryl methyl sites for hydroxylation is 1. The number of nitro benzene ring substituents is 1. The average Bonchev–Trinajstić information content (AvgIpc) is 2.85. The molecule has 104 valence electrons. The summed E-state index contributed by atoms with van der Waals surface area (Å²) in [5, 5.41) is 21.4. The summed E-state index contributed by atoms with van der Waals surface area (Å²) in [6, 6.07) is 6.11. The van der Waals surface area contributed by atoms with Gasteiger partial charge in [0.05, 0.1) is 4.92 Å². The molecule has 2 rings (SSSR count). The number of carbonyl (C=O) groups is 1. The number of nitro groups is 1. The maximum atomic E-state index is 10.9. The minimum absolute atomic E-state index is 0.0913. The minimum atomic E-state index is -0.997. The van der Waals surface area contributed by atoms with Crippen molar-refractivity contribution in [1.29, 1.82) is 0 Å². The number of carboxylic acid groups (broad SMARTS) is 1. The molecule has 1 aromatic heterocycles. The van der Waals surface area contributed by atoms with Crippen LogP contribution in [-0.4, -0.2) is 16.0 Å². The summed E-state index contributed by atoms with van der Waals surface area (Å²) in [4.78, 5) is 21.3. The van der Waals surface area contributed by atoms with Crippen LogP contribution in [0, 0.1) is 17.0 Å². The third-order valence-corrected chi connectivity index (χ3v) is 3.54. The Morgan fingerprint density at radius 1 is 1.45 bits per heavy atom. The Morgan fingerprint density at radius 2 is 2.20 bits per heavy atom. The maximum absolute atomic E-state index is 10.9. The van der Waals surface area contributed by atoms with Crippen LogP contribution in [0.4, 0.5) is 5.69 Å². The summed E-state index contributed by atoms with van der Waals surface area (Å²) in [6.07, 6.45) is 0. The zero-order valence-corrected chi connectivity index (χ0v) is 11.3. The van der Waals surface area contributed by atoms with Crippen molar-refractivity contribution < 1.29 is 19.6 Å². The van der Waals surface area contributed by atoms with E-state index < -0.39 is 10.9 Å². The number of ether oxygens (including phenoxy) is 1. The van der Waals surface area contributed by atoms with Gasteiger partial charge in [0.1, 0.15) is 11.5 Å². The highest BCUT2D eigenvalue weighted by molar-refractivity contribution is 7.12. The lowest BCUT2D eigenvalue weighted by Gasteiger charge is -2.06. The Morgan fingerprint density at radius 3 is 2.80 bits per heavy atom. The number of hydrogen-bond donors (Lipinski definition) is 1. The first-order valence-electron chi connectivity index (χ1n) is 5.66. The molecule has 0 aliphatic rings. The molecule has 20 heavy (non-hydrogen) atoms. The number of aromatic carboxylic acids is 1. The van der Waals surface area contributed by atoms with E-state index in [9.17, 15) is 14.9 Å². The number of benzene rings is 1. The maximum Gasteiger partial charge on any atom is 0.345 e. The normalized spacial score (nSPS) is 10.2. The predicted octanol–water partition coefficient (Wildman–Crippen LogP) is 3.24. The van der Waals surface area contributed by atoms with Crippen molar-refractivity contribution in [2.75, 3.05) is 0 Å². The molecule has 7 heteroatoms. The lowest BCUT2D eigenvalue weighted by atomic mass is 10.2. The van der Waals surface area contributed by atoms with E-state index in [2.05, 4.69) is 0 Å². The number of hydrogen-bond acceptors (Lipinski definition) is 5. The largest absolute Gasteiger partial charge is 0.482 e. The second kappa shape index (κ2) is 5.70. The number of thiophene rings is 1. The van der Waals surface area contributed by atoms with Crippen LogP contribution in [0.2, 0.25) is 0 Å². The third kappa shape index (κ3) is 3.12. The van der Waals surface area contributed by atoms with Gasteiger partial charge in [-0.25, -0.2) is 4.79 Å². The Hall–Kier alpha value is -2.41. The highest BCUT2D eigenvalue weighted by Crippen LogP contribution is 2.29. The monoisotopic (exact) mass is 293 g/mol. The summed E-state index contributed by atoms with van der Waals surface area (Å²) in [5.41, 5.74) is 1.41. The molecule has 0 spiro atoms. The fourth-order valence-electron chi connectivity index (χ4n) is 1.61. The van der Waals surface area contributed by atoms with Crippen molar-refractivity contribution in [3.63, 3.8) is 0 Å². The second-order valence-corrected chi connectivity index (χ2v) is 5.05. The van der Waals surface area contributed by atoms with Gasteiger partial charge in [0.25, 0.3) is 0 Å². The van der Waals surface area contributed by atoms with Crippen LogP contribution >= 0.6 is 11.3 Å². The summed E-state index contributed by atoms with van der Waals surface area (Å²) < 4.78 is 5.43. The van der Waals surface area contributed by atoms with E-state index in [4.69, 9.17) is 9.84 Å². The van der Waals surface area contributed by atoms with Crippen LogP contribution in [0.15, 0.2) is 29.6 Å². The van der Waals surface area contributed by atoms with Crippen LogP contribution in [0.25, 0.3) is 0 Å². The molecule has 0 bridgehead atoms. The smallest absolute Gasteiger partial charge is 0.345 e. The van der Waals surface area contributed by atoms with Gasteiger partial charge >= 0.3 is 11.7 Å². The Kier molecular flexibility index (Phi) is 3.99. The number of rotatable bonds is 5. The molecule has 0 radical (unpaired) electrons. The number of nitrogens with zero attached hydrogens (tertiary/aromatic N) is 1. The molecule has 0 saturated carbocycles. The number of carboxylic acids is 1. The van der Waals surface area contributed by atoms with E-state index in [0.717, 1.165) is 16.9 Å². The van der Waals surface area contributed by atoms with E-state index in [1.165, 1.54) is 12.1 Å². The van der Waals surface area contributed by atoms with Gasteiger partial charge in [-0.2, -0.15) is 0 Å². The topological polar surface area (TPSA) is 89.7 Å². The molecule has 0 unspecified atom stereocenters. The van der Waals surface area contributed by atoms with Gasteiger partial charge in [-0.15, -0.1) is 11.3 Å². The van der Waals surface area contributed by atoms with Gasteiger partial charge < -0.3 is 9.84 Å². The summed E-state index contributed by atoms with van der Waals surface area (Å²) >= 11 is 1.09. The Labute approximate surface area is 118 Å². The summed E-state index contributed by atoms with van der Waals surface area (Å²) in [6.45, 7) is 1.90. The van der Waals surface area contributed by atoms with Gasteiger partial charge in [0, 0.05) is 11.6 Å². The van der Waals surface area contributed by atoms with E-state index in [0.29, 0.717) is 5.56 Å². The molecule has 2 aromatic rings. The SMILES string of the molecule is Cc1ccc([N+](=O)[O-])c(OCc2csc(C(=O)O)c2)c1. The highest BCUT2D eigenvalue weighted by Gasteiger charge is 2.15. The zero-order chi connectivity index (χ0) is 14.7.